The zero-order chi connectivity index (χ0) is 18.0. The molecular formula is C19H26N2O4. The van der Waals surface area contributed by atoms with E-state index in [0.717, 1.165) is 24.8 Å². The van der Waals surface area contributed by atoms with Crippen LogP contribution in [-0.4, -0.2) is 65.1 Å². The van der Waals surface area contributed by atoms with E-state index in [2.05, 4.69) is 0 Å². The first kappa shape index (κ1) is 17.7. The summed E-state index contributed by atoms with van der Waals surface area (Å²) in [5, 5.41) is 10.2. The van der Waals surface area contributed by atoms with Gasteiger partial charge in [-0.05, 0) is 37.8 Å². The fraction of sp³-hybridized carbons (Fsp3) is 0.579. The molecule has 1 atom stereocenters. The standard InChI is InChI=1S/C19H26N2O4/c1-14-5-3-4-6-16(14)25-13-15(22)18(24)21-11-9-19(10-12-21)8-7-17(23)20(19)2/h3-6,15,22H,7-13H2,1-2H3/t15-/m0/s1. The largest absolute Gasteiger partial charge is 0.490 e. The molecule has 25 heavy (non-hydrogen) atoms. The molecular weight excluding hydrogens is 320 g/mol. The van der Waals surface area contributed by atoms with E-state index in [4.69, 9.17) is 4.74 Å². The zero-order valence-corrected chi connectivity index (χ0v) is 14.9. The lowest BCUT2D eigenvalue weighted by Gasteiger charge is -2.43. The smallest absolute Gasteiger partial charge is 0.254 e. The van der Waals surface area contributed by atoms with Crippen molar-refractivity contribution in [2.24, 2.45) is 0 Å². The molecule has 0 aliphatic carbocycles. The van der Waals surface area contributed by atoms with Gasteiger partial charge in [-0.15, -0.1) is 0 Å². The number of carbonyl (C=O) groups excluding carboxylic acids is 2. The molecule has 2 amide bonds. The highest BCUT2D eigenvalue weighted by molar-refractivity contribution is 5.81. The SMILES string of the molecule is Cc1ccccc1OC[C@H](O)C(=O)N1CCC2(CCC(=O)N2C)CC1. The van der Waals surface area contributed by atoms with Crippen LogP contribution in [0.1, 0.15) is 31.2 Å². The number of hydrogen-bond donors (Lipinski definition) is 1. The predicted octanol–water partition coefficient (Wildman–Crippen LogP) is 1.35. The number of nitrogens with zero attached hydrogens (tertiary/aromatic N) is 2. The molecule has 0 aromatic heterocycles. The number of rotatable bonds is 4. The average molecular weight is 346 g/mol. The van der Waals surface area contributed by atoms with Gasteiger partial charge in [-0.2, -0.15) is 0 Å². The molecule has 2 aliphatic heterocycles. The summed E-state index contributed by atoms with van der Waals surface area (Å²) in [6.07, 6.45) is 1.83. The van der Waals surface area contributed by atoms with Gasteiger partial charge in [0.25, 0.3) is 5.91 Å². The van der Waals surface area contributed by atoms with Gasteiger partial charge in [0.1, 0.15) is 12.4 Å². The maximum atomic E-state index is 12.5. The highest BCUT2D eigenvalue weighted by Gasteiger charge is 2.45. The van der Waals surface area contributed by atoms with Crippen molar-refractivity contribution in [1.29, 1.82) is 0 Å². The van der Waals surface area contributed by atoms with Crippen LogP contribution in [0.4, 0.5) is 0 Å². The van der Waals surface area contributed by atoms with Gasteiger partial charge >= 0.3 is 0 Å². The lowest BCUT2D eigenvalue weighted by molar-refractivity contribution is -0.144. The summed E-state index contributed by atoms with van der Waals surface area (Å²) in [7, 11) is 1.86. The lowest BCUT2D eigenvalue weighted by atomic mass is 9.85. The molecule has 1 aromatic rings. The van der Waals surface area contributed by atoms with Gasteiger partial charge < -0.3 is 19.6 Å². The Balaban J connectivity index is 1.52. The van der Waals surface area contributed by atoms with Crippen molar-refractivity contribution < 1.29 is 19.4 Å². The number of aliphatic hydroxyl groups excluding tert-OH is 1. The van der Waals surface area contributed by atoms with Crippen molar-refractivity contribution in [2.45, 2.75) is 44.2 Å². The summed E-state index contributed by atoms with van der Waals surface area (Å²) in [4.78, 5) is 27.8. The number of piperidine rings is 1. The number of para-hydroxylation sites is 1. The van der Waals surface area contributed by atoms with Crippen molar-refractivity contribution >= 4 is 11.8 Å². The first-order valence-corrected chi connectivity index (χ1v) is 8.85. The fourth-order valence-corrected chi connectivity index (χ4v) is 3.84. The van der Waals surface area contributed by atoms with E-state index >= 15 is 0 Å². The van der Waals surface area contributed by atoms with Gasteiger partial charge in [0, 0.05) is 32.1 Å². The van der Waals surface area contributed by atoms with Crippen LogP contribution in [0, 0.1) is 6.92 Å². The van der Waals surface area contributed by atoms with Gasteiger partial charge in [-0.25, -0.2) is 0 Å². The van der Waals surface area contributed by atoms with E-state index in [9.17, 15) is 14.7 Å². The first-order chi connectivity index (χ1) is 11.9. The Morgan fingerprint density at radius 2 is 1.96 bits per heavy atom. The Hall–Kier alpha value is -2.08. The van der Waals surface area contributed by atoms with Crippen molar-refractivity contribution in [2.75, 3.05) is 26.7 Å². The molecule has 1 aromatic carbocycles. The highest BCUT2D eigenvalue weighted by Crippen LogP contribution is 2.37. The minimum absolute atomic E-state index is 0.0519. The Morgan fingerprint density at radius 1 is 1.28 bits per heavy atom. The minimum atomic E-state index is -1.17. The number of likely N-dealkylation sites (tertiary alicyclic amines) is 2. The summed E-state index contributed by atoms with van der Waals surface area (Å²) >= 11 is 0. The van der Waals surface area contributed by atoms with Gasteiger partial charge in [0.2, 0.25) is 5.91 Å². The summed E-state index contributed by atoms with van der Waals surface area (Å²) < 4.78 is 5.58. The molecule has 2 aliphatic rings. The Bertz CT molecular complexity index is 653. The van der Waals surface area contributed by atoms with Crippen molar-refractivity contribution in [3.63, 3.8) is 0 Å². The summed E-state index contributed by atoms with van der Waals surface area (Å²) in [6.45, 7) is 3.01. The first-order valence-electron chi connectivity index (χ1n) is 8.85. The van der Waals surface area contributed by atoms with Crippen LogP contribution in [0.2, 0.25) is 0 Å². The lowest BCUT2D eigenvalue weighted by Crippen LogP contribution is -2.54. The topological polar surface area (TPSA) is 70.1 Å². The van der Waals surface area contributed by atoms with Gasteiger partial charge in [0.05, 0.1) is 0 Å². The van der Waals surface area contributed by atoms with E-state index in [0.29, 0.717) is 25.3 Å². The van der Waals surface area contributed by atoms with Gasteiger partial charge in [-0.3, -0.25) is 9.59 Å². The Morgan fingerprint density at radius 3 is 2.56 bits per heavy atom. The third kappa shape index (κ3) is 3.49. The zero-order valence-electron chi connectivity index (χ0n) is 14.9. The molecule has 0 saturated carbocycles. The predicted molar refractivity (Wildman–Crippen MR) is 93.2 cm³/mol. The quantitative estimate of drug-likeness (QED) is 0.893. The van der Waals surface area contributed by atoms with E-state index < -0.39 is 6.10 Å². The van der Waals surface area contributed by atoms with Crippen LogP contribution < -0.4 is 4.74 Å². The Kier molecular flexibility index (Phi) is 4.99. The molecule has 1 N–H and O–H groups in total. The number of hydrogen-bond acceptors (Lipinski definition) is 4. The van der Waals surface area contributed by atoms with E-state index in [1.807, 2.05) is 43.1 Å². The summed E-state index contributed by atoms with van der Waals surface area (Å²) in [5.74, 6) is 0.569. The fourth-order valence-electron chi connectivity index (χ4n) is 3.84. The van der Waals surface area contributed by atoms with Gasteiger partial charge in [0.15, 0.2) is 6.10 Å². The highest BCUT2D eigenvalue weighted by atomic mass is 16.5. The molecule has 2 saturated heterocycles. The van der Waals surface area contributed by atoms with Crippen LogP contribution in [0.3, 0.4) is 0 Å². The molecule has 2 fully saturated rings. The monoisotopic (exact) mass is 346 g/mol. The summed E-state index contributed by atoms with van der Waals surface area (Å²) in [5.41, 5.74) is 0.868. The van der Waals surface area contributed by atoms with Crippen molar-refractivity contribution in [1.82, 2.24) is 9.80 Å². The third-order valence-electron chi connectivity index (χ3n) is 5.67. The van der Waals surface area contributed by atoms with E-state index in [1.165, 1.54) is 0 Å². The second kappa shape index (κ2) is 7.04. The second-order valence-corrected chi connectivity index (χ2v) is 7.09. The Labute approximate surface area is 148 Å². The normalized spacial score (nSPS) is 20.8. The molecule has 136 valence electrons. The van der Waals surface area contributed by atoms with Crippen LogP contribution in [-0.2, 0) is 9.59 Å². The number of amides is 2. The van der Waals surface area contributed by atoms with E-state index in [-0.39, 0.29) is 24.0 Å². The molecule has 3 rings (SSSR count). The average Bonchev–Trinajstić information content (AvgIpc) is 2.89. The minimum Gasteiger partial charge on any atom is -0.490 e. The number of ether oxygens (including phenoxy) is 1. The number of carbonyl (C=O) groups is 2. The number of aliphatic hydroxyl groups is 1. The molecule has 0 bridgehead atoms. The molecule has 6 heteroatoms. The van der Waals surface area contributed by atoms with Crippen molar-refractivity contribution in [3.8, 4) is 5.75 Å². The van der Waals surface area contributed by atoms with Crippen LogP contribution >= 0.6 is 0 Å². The third-order valence-corrected chi connectivity index (χ3v) is 5.67. The van der Waals surface area contributed by atoms with Gasteiger partial charge in [-0.1, -0.05) is 18.2 Å². The van der Waals surface area contributed by atoms with Crippen LogP contribution in [0.5, 0.6) is 5.75 Å². The molecule has 0 radical (unpaired) electrons. The van der Waals surface area contributed by atoms with Crippen molar-refractivity contribution in [3.05, 3.63) is 29.8 Å². The number of aryl methyl sites for hydroxylation is 1. The number of benzene rings is 1. The van der Waals surface area contributed by atoms with Crippen LogP contribution in [0.15, 0.2) is 24.3 Å². The molecule has 6 nitrogen and oxygen atoms in total. The maximum Gasteiger partial charge on any atom is 0.254 e. The molecule has 2 heterocycles. The molecule has 0 unspecified atom stereocenters. The summed E-state index contributed by atoms with van der Waals surface area (Å²) in [6, 6.07) is 7.52. The second-order valence-electron chi connectivity index (χ2n) is 7.09. The molecule has 1 spiro atoms. The van der Waals surface area contributed by atoms with Crippen LogP contribution in [0.25, 0.3) is 0 Å². The van der Waals surface area contributed by atoms with E-state index in [1.54, 1.807) is 4.90 Å². The maximum absolute atomic E-state index is 12.5.